The highest BCUT2D eigenvalue weighted by molar-refractivity contribution is 9.10. The minimum Gasteiger partial charge on any atom is -0.337 e. The van der Waals surface area contributed by atoms with Gasteiger partial charge in [-0.05, 0) is 47.8 Å². The summed E-state index contributed by atoms with van der Waals surface area (Å²) in [6, 6.07) is 7.90. The van der Waals surface area contributed by atoms with Gasteiger partial charge in [-0.15, -0.1) is 0 Å². The van der Waals surface area contributed by atoms with Crippen LogP contribution in [0.1, 0.15) is 30.3 Å². The average Bonchev–Trinajstić information content (AvgIpc) is 2.87. The maximum absolute atomic E-state index is 13.2. The molecule has 0 aliphatic carbocycles. The van der Waals surface area contributed by atoms with Crippen LogP contribution >= 0.6 is 15.9 Å². The van der Waals surface area contributed by atoms with Gasteiger partial charge in [0.2, 0.25) is 0 Å². The van der Waals surface area contributed by atoms with Crippen LogP contribution in [0.2, 0.25) is 0 Å². The lowest BCUT2D eigenvalue weighted by Crippen LogP contribution is -2.39. The van der Waals surface area contributed by atoms with Gasteiger partial charge in [0.25, 0.3) is 5.91 Å². The molecule has 112 valence electrons. The van der Waals surface area contributed by atoms with E-state index in [1.54, 1.807) is 4.90 Å². The number of para-hydroxylation sites is 1. The molecule has 1 amide bonds. The molecule has 0 unspecified atom stereocenters. The third-order valence-electron chi connectivity index (χ3n) is 4.12. The summed E-state index contributed by atoms with van der Waals surface area (Å²) in [5, 5.41) is 1.05. The summed E-state index contributed by atoms with van der Waals surface area (Å²) in [5.41, 5.74) is 1.74. The first-order valence-electron chi connectivity index (χ1n) is 7.33. The highest BCUT2D eigenvalue weighted by Crippen LogP contribution is 2.28. The second-order valence-electron chi connectivity index (χ2n) is 5.42. The second kappa shape index (κ2) is 5.79. The Morgan fingerprint density at radius 2 is 2.10 bits per heavy atom. The Labute approximate surface area is 131 Å². The Morgan fingerprint density at radius 1 is 1.38 bits per heavy atom. The van der Waals surface area contributed by atoms with Gasteiger partial charge in [-0.2, -0.15) is 0 Å². The number of nitrogens with zero attached hydrogens (tertiary/aromatic N) is 2. The van der Waals surface area contributed by atoms with E-state index in [4.69, 9.17) is 0 Å². The van der Waals surface area contributed by atoms with E-state index in [0.29, 0.717) is 31.6 Å². The minimum absolute atomic E-state index is 0.00634. The van der Waals surface area contributed by atoms with Crippen molar-refractivity contribution in [3.05, 3.63) is 34.4 Å². The molecule has 1 aliphatic heterocycles. The number of aromatic nitrogens is 1. The van der Waals surface area contributed by atoms with E-state index < -0.39 is 6.17 Å². The number of carbonyl (C=O) groups excluding carboxylic acids is 1. The number of carbonyl (C=O) groups is 1. The number of rotatable bonds is 2. The van der Waals surface area contributed by atoms with Crippen LogP contribution in [-0.4, -0.2) is 34.6 Å². The highest BCUT2D eigenvalue weighted by atomic mass is 79.9. The molecule has 0 N–H and O–H groups in total. The van der Waals surface area contributed by atoms with Gasteiger partial charge in [-0.25, -0.2) is 4.39 Å². The summed E-state index contributed by atoms with van der Waals surface area (Å²) in [6.07, 6.45) is 0.129. The lowest BCUT2D eigenvalue weighted by molar-refractivity contribution is 0.0657. The number of amides is 1. The molecule has 2 aromatic rings. The Morgan fingerprint density at radius 3 is 2.76 bits per heavy atom. The number of benzene rings is 1. The van der Waals surface area contributed by atoms with Crippen LogP contribution in [0.5, 0.6) is 0 Å². The first-order valence-corrected chi connectivity index (χ1v) is 8.12. The van der Waals surface area contributed by atoms with E-state index in [1.807, 2.05) is 35.8 Å². The van der Waals surface area contributed by atoms with Crippen molar-refractivity contribution in [2.24, 2.45) is 0 Å². The van der Waals surface area contributed by atoms with Crippen LogP contribution in [0.4, 0.5) is 4.39 Å². The maximum atomic E-state index is 13.2. The molecule has 0 saturated carbocycles. The van der Waals surface area contributed by atoms with Crippen molar-refractivity contribution in [2.45, 2.75) is 32.5 Å². The van der Waals surface area contributed by atoms with Crippen molar-refractivity contribution in [3.63, 3.8) is 0 Å². The summed E-state index contributed by atoms with van der Waals surface area (Å²) in [4.78, 5) is 14.5. The number of aryl methyl sites for hydroxylation is 1. The molecule has 1 saturated heterocycles. The molecule has 5 heteroatoms. The fourth-order valence-corrected chi connectivity index (χ4v) is 3.59. The minimum atomic E-state index is -0.764. The fourth-order valence-electron chi connectivity index (χ4n) is 3.00. The molecule has 0 atom stereocenters. The number of hydrogen-bond acceptors (Lipinski definition) is 1. The van der Waals surface area contributed by atoms with Crippen molar-refractivity contribution >= 4 is 32.7 Å². The summed E-state index contributed by atoms with van der Waals surface area (Å²) < 4.78 is 16.3. The smallest absolute Gasteiger partial charge is 0.270 e. The molecule has 1 aromatic heterocycles. The van der Waals surface area contributed by atoms with Crippen LogP contribution in [0.25, 0.3) is 10.9 Å². The zero-order valence-electron chi connectivity index (χ0n) is 12.0. The third-order valence-corrected chi connectivity index (χ3v) is 4.76. The molecule has 1 fully saturated rings. The number of alkyl halides is 1. The van der Waals surface area contributed by atoms with E-state index in [2.05, 4.69) is 15.9 Å². The van der Waals surface area contributed by atoms with Gasteiger partial charge in [-0.3, -0.25) is 4.79 Å². The van der Waals surface area contributed by atoms with Crippen molar-refractivity contribution in [1.82, 2.24) is 9.47 Å². The van der Waals surface area contributed by atoms with Gasteiger partial charge >= 0.3 is 0 Å². The molecule has 1 aromatic carbocycles. The maximum Gasteiger partial charge on any atom is 0.270 e. The van der Waals surface area contributed by atoms with E-state index in [0.717, 1.165) is 21.9 Å². The molecular formula is C16H18BrFN2O. The van der Waals surface area contributed by atoms with Gasteiger partial charge in [-0.1, -0.05) is 12.1 Å². The number of fused-ring (bicyclic) bond motifs is 1. The summed E-state index contributed by atoms with van der Waals surface area (Å²) in [5.74, 6) is 0.00634. The Kier molecular flexibility index (Phi) is 4.02. The van der Waals surface area contributed by atoms with Gasteiger partial charge < -0.3 is 9.47 Å². The number of hydrogen-bond donors (Lipinski definition) is 0. The SMILES string of the molecule is CCn1c(C(=O)N2CCC(F)CC2)cc2cccc(Br)c21. The first-order chi connectivity index (χ1) is 10.1. The second-order valence-corrected chi connectivity index (χ2v) is 6.27. The quantitative estimate of drug-likeness (QED) is 0.801. The van der Waals surface area contributed by atoms with Gasteiger partial charge in [0, 0.05) is 29.5 Å². The van der Waals surface area contributed by atoms with Crippen molar-refractivity contribution < 1.29 is 9.18 Å². The topological polar surface area (TPSA) is 25.2 Å². The zero-order chi connectivity index (χ0) is 15.0. The molecule has 1 aliphatic rings. The van der Waals surface area contributed by atoms with Crippen molar-refractivity contribution in [2.75, 3.05) is 13.1 Å². The summed E-state index contributed by atoms with van der Waals surface area (Å²) in [6.45, 7) is 3.77. The molecule has 3 rings (SSSR count). The van der Waals surface area contributed by atoms with E-state index >= 15 is 0 Å². The average molecular weight is 353 g/mol. The number of likely N-dealkylation sites (tertiary alicyclic amines) is 1. The largest absolute Gasteiger partial charge is 0.337 e. The molecule has 3 nitrogen and oxygen atoms in total. The zero-order valence-corrected chi connectivity index (χ0v) is 13.6. The molecular weight excluding hydrogens is 335 g/mol. The molecule has 0 spiro atoms. The van der Waals surface area contributed by atoms with Crippen molar-refractivity contribution in [3.8, 4) is 0 Å². The van der Waals surface area contributed by atoms with Gasteiger partial charge in [0.15, 0.2) is 0 Å². The Bertz CT molecular complexity index is 674. The van der Waals surface area contributed by atoms with Crippen LogP contribution in [0, 0.1) is 0 Å². The predicted molar refractivity (Wildman–Crippen MR) is 85.3 cm³/mol. The highest BCUT2D eigenvalue weighted by Gasteiger charge is 2.26. The Hall–Kier alpha value is -1.36. The Balaban J connectivity index is 2.00. The van der Waals surface area contributed by atoms with Crippen LogP contribution < -0.4 is 0 Å². The predicted octanol–water partition coefficient (Wildman–Crippen LogP) is 4.00. The van der Waals surface area contributed by atoms with E-state index in [-0.39, 0.29) is 5.91 Å². The van der Waals surface area contributed by atoms with E-state index in [1.165, 1.54) is 0 Å². The number of piperidine rings is 1. The first kappa shape index (κ1) is 14.6. The van der Waals surface area contributed by atoms with E-state index in [9.17, 15) is 9.18 Å². The lowest BCUT2D eigenvalue weighted by atomic mass is 10.1. The summed E-state index contributed by atoms with van der Waals surface area (Å²) >= 11 is 3.56. The van der Waals surface area contributed by atoms with Gasteiger partial charge in [0.1, 0.15) is 11.9 Å². The van der Waals surface area contributed by atoms with Crippen LogP contribution in [0.15, 0.2) is 28.7 Å². The molecule has 2 heterocycles. The standard InChI is InChI=1S/C16H18BrFN2O/c1-2-20-14(10-11-4-3-5-13(17)15(11)20)16(21)19-8-6-12(18)7-9-19/h3-5,10,12H,2,6-9H2,1H3. The monoisotopic (exact) mass is 352 g/mol. The third kappa shape index (κ3) is 2.59. The normalized spacial score (nSPS) is 16.6. The van der Waals surface area contributed by atoms with Crippen LogP contribution in [0.3, 0.4) is 0 Å². The van der Waals surface area contributed by atoms with Crippen LogP contribution in [-0.2, 0) is 6.54 Å². The van der Waals surface area contributed by atoms with Crippen molar-refractivity contribution in [1.29, 1.82) is 0 Å². The molecule has 21 heavy (non-hydrogen) atoms. The van der Waals surface area contributed by atoms with Gasteiger partial charge in [0.05, 0.1) is 5.52 Å². The fraction of sp³-hybridized carbons (Fsp3) is 0.438. The molecule has 0 bridgehead atoms. The lowest BCUT2D eigenvalue weighted by Gasteiger charge is -2.29. The summed E-state index contributed by atoms with van der Waals surface area (Å²) in [7, 11) is 0. The molecule has 0 radical (unpaired) electrons. The number of halogens is 2.